The monoisotopic (exact) mass is 366 g/mol. The van der Waals surface area contributed by atoms with Crippen molar-refractivity contribution in [3.8, 4) is 0 Å². The first-order valence-electron chi connectivity index (χ1n) is 2.23. The summed E-state index contributed by atoms with van der Waals surface area (Å²) in [5.74, 6) is -0.620. The molecule has 5 nitrogen and oxygen atoms in total. The van der Waals surface area contributed by atoms with E-state index in [1.807, 2.05) is 0 Å². The SMILES string of the molecule is O=S(=O)(O)CCC(O)O.[PbH2]. The van der Waals surface area contributed by atoms with Gasteiger partial charge in [-0.15, -0.1) is 0 Å². The van der Waals surface area contributed by atoms with E-state index in [1.54, 1.807) is 0 Å². The third-order valence-electron chi connectivity index (χ3n) is 0.634. The molecule has 0 amide bonds. The first-order chi connectivity index (χ1) is 3.92. The van der Waals surface area contributed by atoms with Crippen LogP contribution < -0.4 is 0 Å². The molecule has 0 aromatic rings. The van der Waals surface area contributed by atoms with Gasteiger partial charge in [-0.2, -0.15) is 8.42 Å². The first-order valence-corrected chi connectivity index (χ1v) is 3.84. The van der Waals surface area contributed by atoms with Crippen LogP contribution in [0.5, 0.6) is 0 Å². The molecule has 0 fully saturated rings. The zero-order valence-corrected chi connectivity index (χ0v) is 11.6. The van der Waals surface area contributed by atoms with Crippen LogP contribution in [0.3, 0.4) is 0 Å². The van der Waals surface area contributed by atoms with Gasteiger partial charge >= 0.3 is 27.3 Å². The van der Waals surface area contributed by atoms with Crippen molar-refractivity contribution in [2.24, 2.45) is 0 Å². The number of rotatable bonds is 3. The molecular formula is C3H10O5PbS. The number of aliphatic hydroxyl groups is 2. The molecule has 3 N–H and O–H groups in total. The van der Waals surface area contributed by atoms with Gasteiger partial charge in [0, 0.05) is 6.42 Å². The van der Waals surface area contributed by atoms with Crippen LogP contribution in [0.1, 0.15) is 6.42 Å². The minimum atomic E-state index is -4.04. The van der Waals surface area contributed by atoms with Gasteiger partial charge in [-0.25, -0.2) is 0 Å². The molecule has 0 spiro atoms. The van der Waals surface area contributed by atoms with Gasteiger partial charge in [0.15, 0.2) is 6.29 Å². The summed E-state index contributed by atoms with van der Waals surface area (Å²) in [4.78, 5) is 0. The van der Waals surface area contributed by atoms with Crippen LogP contribution in [0, 0.1) is 0 Å². The molecular weight excluding hydrogens is 355 g/mol. The summed E-state index contributed by atoms with van der Waals surface area (Å²) < 4.78 is 27.8. The van der Waals surface area contributed by atoms with Crippen molar-refractivity contribution in [1.29, 1.82) is 0 Å². The quantitative estimate of drug-likeness (QED) is 0.296. The van der Waals surface area contributed by atoms with Gasteiger partial charge in [0.25, 0.3) is 10.1 Å². The standard InChI is InChI=1S/C3H8O5S.Pb.2H/c4-3(5)1-2-9(6,7)8;;;/h3-5H,1-2H2,(H,6,7,8);;;. The van der Waals surface area contributed by atoms with Crippen LogP contribution in [-0.4, -0.2) is 62.5 Å². The second kappa shape index (κ2) is 5.41. The van der Waals surface area contributed by atoms with E-state index in [4.69, 9.17) is 14.8 Å². The summed E-state index contributed by atoms with van der Waals surface area (Å²) >= 11 is 0. The number of aliphatic hydroxyl groups excluding tert-OH is 1. The maximum atomic E-state index is 9.87. The molecule has 0 rings (SSSR count). The summed E-state index contributed by atoms with van der Waals surface area (Å²) in [5, 5.41) is 16.2. The predicted octanol–water partition coefficient (Wildman–Crippen LogP) is -2.34. The molecule has 0 saturated carbocycles. The van der Waals surface area contributed by atoms with Crippen LogP contribution in [0.2, 0.25) is 0 Å². The first kappa shape index (κ1) is 13.3. The van der Waals surface area contributed by atoms with Gasteiger partial charge in [0.1, 0.15) is 0 Å². The van der Waals surface area contributed by atoms with E-state index in [0.29, 0.717) is 0 Å². The van der Waals surface area contributed by atoms with Crippen LogP contribution in [0.15, 0.2) is 0 Å². The Kier molecular flexibility index (Phi) is 7.22. The van der Waals surface area contributed by atoms with Gasteiger partial charge in [0.2, 0.25) is 0 Å². The zero-order chi connectivity index (χ0) is 7.49. The van der Waals surface area contributed by atoms with Crippen molar-refractivity contribution in [3.05, 3.63) is 0 Å². The fraction of sp³-hybridized carbons (Fsp3) is 1.00. The molecule has 0 aliphatic carbocycles. The van der Waals surface area contributed by atoms with Crippen molar-refractivity contribution in [3.63, 3.8) is 0 Å². The summed E-state index contributed by atoms with van der Waals surface area (Å²) in [7, 11) is -4.04. The molecule has 0 heterocycles. The predicted molar refractivity (Wildman–Crippen MR) is 37.8 cm³/mol. The Morgan fingerprint density at radius 1 is 1.30 bits per heavy atom. The average molecular weight is 365 g/mol. The molecule has 2 radical (unpaired) electrons. The summed E-state index contributed by atoms with van der Waals surface area (Å²) in [6.07, 6.45) is -2.04. The summed E-state index contributed by atoms with van der Waals surface area (Å²) in [5.41, 5.74) is 0. The maximum absolute atomic E-state index is 9.87. The minimum absolute atomic E-state index is 0. The molecule has 0 aromatic heterocycles. The molecule has 0 unspecified atom stereocenters. The van der Waals surface area contributed by atoms with E-state index >= 15 is 0 Å². The van der Waals surface area contributed by atoms with Crippen LogP contribution >= 0.6 is 0 Å². The Morgan fingerprint density at radius 2 is 1.70 bits per heavy atom. The summed E-state index contributed by atoms with van der Waals surface area (Å²) in [6.45, 7) is 0. The van der Waals surface area contributed by atoms with Crippen LogP contribution in [-0.2, 0) is 10.1 Å². The molecule has 0 saturated heterocycles. The normalized spacial score (nSPS) is 11.2. The van der Waals surface area contributed by atoms with Crippen LogP contribution in [0.4, 0.5) is 0 Å². The van der Waals surface area contributed by atoms with Crippen LogP contribution in [0.25, 0.3) is 0 Å². The third kappa shape index (κ3) is 11.5. The Bertz CT molecular complexity index is 162. The zero-order valence-electron chi connectivity index (χ0n) is 5.27. The number of hydrogen-bond acceptors (Lipinski definition) is 4. The molecule has 0 aromatic carbocycles. The Hall–Kier alpha value is 0.752. The Labute approximate surface area is 79.0 Å². The average Bonchev–Trinajstić information content (AvgIpc) is 1.59. The van der Waals surface area contributed by atoms with E-state index in [2.05, 4.69) is 0 Å². The van der Waals surface area contributed by atoms with E-state index < -0.39 is 22.2 Å². The van der Waals surface area contributed by atoms with Crippen molar-refractivity contribution < 1.29 is 23.2 Å². The van der Waals surface area contributed by atoms with Gasteiger partial charge in [-0.1, -0.05) is 0 Å². The third-order valence-corrected chi connectivity index (χ3v) is 1.39. The van der Waals surface area contributed by atoms with Gasteiger partial charge < -0.3 is 10.2 Å². The van der Waals surface area contributed by atoms with E-state index in [9.17, 15) is 8.42 Å². The fourth-order valence-corrected chi connectivity index (χ4v) is 0.763. The van der Waals surface area contributed by atoms with Crippen molar-refractivity contribution in [2.75, 3.05) is 5.75 Å². The van der Waals surface area contributed by atoms with Crippen molar-refractivity contribution in [1.82, 2.24) is 0 Å². The second-order valence-electron chi connectivity index (χ2n) is 1.56. The van der Waals surface area contributed by atoms with E-state index in [1.165, 1.54) is 0 Å². The molecule has 10 heavy (non-hydrogen) atoms. The Morgan fingerprint density at radius 3 is 1.80 bits per heavy atom. The molecule has 0 aliphatic heterocycles. The summed E-state index contributed by atoms with van der Waals surface area (Å²) in [6, 6.07) is 0. The second-order valence-corrected chi connectivity index (χ2v) is 3.13. The molecule has 0 atom stereocenters. The Balaban J connectivity index is 0. The topological polar surface area (TPSA) is 94.8 Å². The molecule has 7 heteroatoms. The number of hydrogen-bond donors (Lipinski definition) is 3. The molecule has 0 bridgehead atoms. The fourth-order valence-electron chi connectivity index (χ4n) is 0.254. The van der Waals surface area contributed by atoms with Crippen molar-refractivity contribution >= 4 is 37.4 Å². The van der Waals surface area contributed by atoms with Crippen molar-refractivity contribution in [2.45, 2.75) is 12.7 Å². The van der Waals surface area contributed by atoms with E-state index in [0.717, 1.165) is 0 Å². The van der Waals surface area contributed by atoms with E-state index in [-0.39, 0.29) is 33.7 Å². The van der Waals surface area contributed by atoms with Gasteiger partial charge in [-0.05, 0) is 0 Å². The van der Waals surface area contributed by atoms with Gasteiger partial charge in [0.05, 0.1) is 5.75 Å². The molecule has 0 aliphatic rings. The molecule has 62 valence electrons. The van der Waals surface area contributed by atoms with Gasteiger partial charge in [-0.3, -0.25) is 4.55 Å².